The molecule has 4 aromatic rings. The zero-order valence-electron chi connectivity index (χ0n) is 20.7. The number of sulfonamides is 1. The molecule has 1 saturated heterocycles. The molecule has 1 fully saturated rings. The minimum Gasteiger partial charge on any atom is -0.392 e. The molecule has 3 aromatic carbocycles. The van der Waals surface area contributed by atoms with E-state index in [4.69, 9.17) is 9.47 Å². The number of aliphatic hydroxyl groups is 1. The molecule has 0 amide bonds. The zero-order chi connectivity index (χ0) is 26.5. The first-order valence-electron chi connectivity index (χ1n) is 12.1. The summed E-state index contributed by atoms with van der Waals surface area (Å²) in [6, 6.07) is 22.9. The molecule has 0 bridgehead atoms. The maximum Gasteiger partial charge on any atom is 0.261 e. The van der Waals surface area contributed by atoms with E-state index in [1.165, 1.54) is 0 Å². The lowest BCUT2D eigenvalue weighted by molar-refractivity contribution is -0.245. The van der Waals surface area contributed by atoms with Gasteiger partial charge >= 0.3 is 0 Å². The van der Waals surface area contributed by atoms with Gasteiger partial charge in [0.1, 0.15) is 6.33 Å². The summed E-state index contributed by atoms with van der Waals surface area (Å²) in [5, 5.41) is 18.3. The Morgan fingerprint density at radius 1 is 1.00 bits per heavy atom. The Morgan fingerprint density at radius 2 is 1.71 bits per heavy atom. The summed E-state index contributed by atoms with van der Waals surface area (Å²) in [5.41, 5.74) is 3.05. The summed E-state index contributed by atoms with van der Waals surface area (Å²) in [7, 11) is -1.79. The van der Waals surface area contributed by atoms with Crippen molar-refractivity contribution < 1.29 is 23.0 Å². The van der Waals surface area contributed by atoms with Crippen molar-refractivity contribution in [3.05, 3.63) is 102 Å². The van der Waals surface area contributed by atoms with Crippen molar-refractivity contribution in [1.29, 1.82) is 0 Å². The average molecular weight is 553 g/mol. The summed E-state index contributed by atoms with van der Waals surface area (Å²) in [4.78, 5) is 0.196. The Labute approximate surface area is 225 Å². The van der Waals surface area contributed by atoms with E-state index in [1.807, 2.05) is 35.9 Å². The molecule has 198 valence electrons. The van der Waals surface area contributed by atoms with Crippen molar-refractivity contribution >= 4 is 27.5 Å². The molecule has 0 saturated carbocycles. The summed E-state index contributed by atoms with van der Waals surface area (Å²) in [5.74, 6) is 0.659. The number of hydrogen-bond donors (Lipinski definition) is 2. The Morgan fingerprint density at radius 3 is 2.37 bits per heavy atom. The van der Waals surface area contributed by atoms with Gasteiger partial charge in [0.2, 0.25) is 0 Å². The monoisotopic (exact) mass is 552 g/mol. The molecule has 0 spiro atoms. The maximum absolute atomic E-state index is 12.7. The molecule has 9 nitrogen and oxygen atoms in total. The van der Waals surface area contributed by atoms with Crippen LogP contribution in [0.1, 0.15) is 35.5 Å². The Hall–Kier alpha value is -3.22. The fourth-order valence-electron chi connectivity index (χ4n) is 4.12. The van der Waals surface area contributed by atoms with Crippen LogP contribution in [0.5, 0.6) is 0 Å². The normalized spacial score (nSPS) is 19.8. The van der Waals surface area contributed by atoms with Crippen LogP contribution in [-0.2, 0) is 33.2 Å². The van der Waals surface area contributed by atoms with Gasteiger partial charge in [0, 0.05) is 30.5 Å². The van der Waals surface area contributed by atoms with Crippen LogP contribution in [0.2, 0.25) is 0 Å². The van der Waals surface area contributed by atoms with Crippen LogP contribution in [0.3, 0.4) is 0 Å². The lowest BCUT2D eigenvalue weighted by Gasteiger charge is -2.36. The largest absolute Gasteiger partial charge is 0.392 e. The molecule has 11 heteroatoms. The molecule has 0 radical (unpaired) electrons. The highest BCUT2D eigenvalue weighted by Gasteiger charge is 2.32. The summed E-state index contributed by atoms with van der Waals surface area (Å²) in [6.07, 6.45) is 1.32. The minimum atomic E-state index is -3.69. The summed E-state index contributed by atoms with van der Waals surface area (Å²) < 4.78 is 42.5. The standard InChI is InChI=1S/C27H28N4O5S2/c1-31-18-28-29-27(31)37-17-23-15-25(20-9-7-19(16-32)8-10-20)36-26(35-23)21-11-13-22(14-12-21)30-38(33,34)24-5-3-2-4-6-24/h2-14,18,23,25-26,30,32H,15-17H2,1H3/t23-,25+,26+/m0/s1. The molecular weight excluding hydrogens is 524 g/mol. The SMILES string of the molecule is Cn1cnnc1SC[C@@H]1C[C@H](c2ccc(CO)cc2)O[C@H](c2ccc(NS(=O)(=O)c3ccccc3)cc2)O1. The number of rotatable bonds is 9. The highest BCUT2D eigenvalue weighted by atomic mass is 32.2. The number of aromatic nitrogens is 3. The van der Waals surface area contributed by atoms with Crippen LogP contribution in [0.4, 0.5) is 5.69 Å². The van der Waals surface area contributed by atoms with Gasteiger partial charge in [0.25, 0.3) is 10.0 Å². The topological polar surface area (TPSA) is 116 Å². The third-order valence-electron chi connectivity index (χ3n) is 6.17. The number of aliphatic hydroxyl groups excluding tert-OH is 1. The van der Waals surface area contributed by atoms with Gasteiger partial charge in [-0.2, -0.15) is 0 Å². The van der Waals surface area contributed by atoms with Crippen LogP contribution in [-0.4, -0.2) is 40.1 Å². The van der Waals surface area contributed by atoms with Crippen LogP contribution < -0.4 is 4.72 Å². The number of aryl methyl sites for hydroxylation is 1. The van der Waals surface area contributed by atoms with Gasteiger partial charge < -0.3 is 19.1 Å². The van der Waals surface area contributed by atoms with Crippen molar-refractivity contribution in [2.45, 2.75) is 41.6 Å². The van der Waals surface area contributed by atoms with Crippen molar-refractivity contribution in [2.75, 3.05) is 10.5 Å². The van der Waals surface area contributed by atoms with Crippen molar-refractivity contribution in [3.63, 3.8) is 0 Å². The van der Waals surface area contributed by atoms with Gasteiger partial charge in [-0.25, -0.2) is 8.42 Å². The lowest BCUT2D eigenvalue weighted by Crippen LogP contribution is -2.31. The van der Waals surface area contributed by atoms with E-state index in [-0.39, 0.29) is 23.7 Å². The predicted octanol–water partition coefficient (Wildman–Crippen LogP) is 4.45. The third kappa shape index (κ3) is 6.25. The van der Waals surface area contributed by atoms with Gasteiger partial charge in [0.05, 0.1) is 23.7 Å². The highest BCUT2D eigenvalue weighted by molar-refractivity contribution is 7.99. The van der Waals surface area contributed by atoms with E-state index in [2.05, 4.69) is 14.9 Å². The van der Waals surface area contributed by atoms with E-state index in [0.717, 1.165) is 21.8 Å². The second kappa shape index (κ2) is 11.7. The predicted molar refractivity (Wildman–Crippen MR) is 144 cm³/mol. The van der Waals surface area contributed by atoms with Gasteiger partial charge in [-0.05, 0) is 35.4 Å². The van der Waals surface area contributed by atoms with Crippen LogP contribution >= 0.6 is 11.8 Å². The molecule has 1 aliphatic rings. The van der Waals surface area contributed by atoms with E-state index in [0.29, 0.717) is 17.9 Å². The van der Waals surface area contributed by atoms with E-state index in [9.17, 15) is 13.5 Å². The summed E-state index contributed by atoms with van der Waals surface area (Å²) >= 11 is 1.57. The molecule has 2 N–H and O–H groups in total. The first-order chi connectivity index (χ1) is 18.4. The Kier molecular flexibility index (Phi) is 8.10. The molecule has 1 aromatic heterocycles. The first-order valence-corrected chi connectivity index (χ1v) is 14.5. The average Bonchev–Trinajstić information content (AvgIpc) is 3.37. The Balaban J connectivity index is 1.33. The quantitative estimate of drug-likeness (QED) is 0.293. The Bertz CT molecular complexity index is 1450. The van der Waals surface area contributed by atoms with Crippen LogP contribution in [0.25, 0.3) is 0 Å². The smallest absolute Gasteiger partial charge is 0.261 e. The van der Waals surface area contributed by atoms with Crippen molar-refractivity contribution in [3.8, 4) is 0 Å². The second-order valence-corrected chi connectivity index (χ2v) is 11.6. The maximum atomic E-state index is 12.7. The van der Waals surface area contributed by atoms with Crippen LogP contribution in [0.15, 0.2) is 95.2 Å². The number of thioether (sulfide) groups is 1. The zero-order valence-corrected chi connectivity index (χ0v) is 22.3. The number of hydrogen-bond acceptors (Lipinski definition) is 8. The van der Waals surface area contributed by atoms with Crippen molar-refractivity contribution in [1.82, 2.24) is 14.8 Å². The van der Waals surface area contributed by atoms with E-state index < -0.39 is 16.3 Å². The van der Waals surface area contributed by atoms with Gasteiger partial charge in [-0.15, -0.1) is 10.2 Å². The minimum absolute atomic E-state index is 0.0190. The lowest BCUT2D eigenvalue weighted by atomic mass is 10.0. The molecule has 2 heterocycles. The fraction of sp³-hybridized carbons (Fsp3) is 0.259. The number of benzene rings is 3. The number of ether oxygens (including phenoxy) is 2. The molecule has 5 rings (SSSR count). The number of nitrogens with one attached hydrogen (secondary N) is 1. The molecule has 3 atom stereocenters. The van der Waals surface area contributed by atoms with Crippen molar-refractivity contribution in [2.24, 2.45) is 7.05 Å². The van der Waals surface area contributed by atoms with Gasteiger partial charge in [-0.1, -0.05) is 66.4 Å². The summed E-state index contributed by atoms with van der Waals surface area (Å²) in [6.45, 7) is -0.0190. The van der Waals surface area contributed by atoms with E-state index >= 15 is 0 Å². The molecule has 1 aliphatic heterocycles. The molecule has 0 aliphatic carbocycles. The molecular formula is C27H28N4O5S2. The van der Waals surface area contributed by atoms with Gasteiger partial charge in [0.15, 0.2) is 11.4 Å². The third-order valence-corrected chi connectivity index (χ3v) is 8.74. The van der Waals surface area contributed by atoms with E-state index in [1.54, 1.807) is 72.7 Å². The number of nitrogens with zero attached hydrogens (tertiary/aromatic N) is 3. The first kappa shape index (κ1) is 26.4. The second-order valence-electron chi connectivity index (χ2n) is 8.93. The molecule has 38 heavy (non-hydrogen) atoms. The molecule has 0 unspecified atom stereocenters. The fourth-order valence-corrected chi connectivity index (χ4v) is 6.10. The van der Waals surface area contributed by atoms with Crippen LogP contribution in [0, 0.1) is 0 Å². The number of anilines is 1. The van der Waals surface area contributed by atoms with Gasteiger partial charge in [-0.3, -0.25) is 4.72 Å². The highest BCUT2D eigenvalue weighted by Crippen LogP contribution is 2.39.